The molecule has 2 aromatic rings. The molecule has 2 atom stereocenters. The Bertz CT molecular complexity index is 773. The maximum atomic E-state index is 12.6. The van der Waals surface area contributed by atoms with Crippen molar-refractivity contribution in [1.82, 2.24) is 0 Å². The first-order chi connectivity index (χ1) is 11.5. The molecule has 0 saturated carbocycles. The van der Waals surface area contributed by atoms with Crippen LogP contribution >= 0.6 is 11.6 Å². The molecule has 0 saturated heterocycles. The van der Waals surface area contributed by atoms with Gasteiger partial charge in [-0.2, -0.15) is 0 Å². The van der Waals surface area contributed by atoms with Crippen LogP contribution in [-0.4, -0.2) is 23.2 Å². The Morgan fingerprint density at radius 2 is 1.96 bits per heavy atom. The maximum Gasteiger partial charge on any atom is 0.268 e. The fourth-order valence-corrected chi connectivity index (χ4v) is 2.85. The van der Waals surface area contributed by atoms with Gasteiger partial charge in [0.1, 0.15) is 5.75 Å². The van der Waals surface area contributed by atoms with E-state index in [1.54, 1.807) is 36.9 Å². The van der Waals surface area contributed by atoms with Crippen LogP contribution in [0.5, 0.6) is 5.75 Å². The summed E-state index contributed by atoms with van der Waals surface area (Å²) in [6, 6.07) is 14.8. The number of carbonyl (C=O) groups excluding carboxylic acids is 2. The van der Waals surface area contributed by atoms with Gasteiger partial charge in [-0.1, -0.05) is 30.3 Å². The van der Waals surface area contributed by atoms with Crippen molar-refractivity contribution in [1.29, 1.82) is 0 Å². The van der Waals surface area contributed by atoms with Gasteiger partial charge in [0.15, 0.2) is 11.9 Å². The molecule has 0 bridgehead atoms. The van der Waals surface area contributed by atoms with Gasteiger partial charge in [0.05, 0.1) is 17.6 Å². The van der Waals surface area contributed by atoms with Crippen molar-refractivity contribution in [3.8, 4) is 5.75 Å². The number of Topliss-reactive ketones (excluding diaryl/α,β-unsaturated/α-hetero) is 1. The van der Waals surface area contributed by atoms with Gasteiger partial charge < -0.3 is 9.64 Å². The van der Waals surface area contributed by atoms with Crippen molar-refractivity contribution >= 4 is 29.0 Å². The second-order valence-corrected chi connectivity index (χ2v) is 6.49. The van der Waals surface area contributed by atoms with Gasteiger partial charge in [-0.25, -0.2) is 0 Å². The van der Waals surface area contributed by atoms with Crippen molar-refractivity contribution in [3.63, 3.8) is 0 Å². The quantitative estimate of drug-likeness (QED) is 0.626. The number of ketones is 1. The van der Waals surface area contributed by atoms with Crippen molar-refractivity contribution in [2.75, 3.05) is 4.90 Å². The third-order valence-electron chi connectivity index (χ3n) is 4.00. The van der Waals surface area contributed by atoms with E-state index in [1.807, 2.05) is 30.3 Å². The lowest BCUT2D eigenvalue weighted by atomic mass is 10.0. The second-order valence-electron chi connectivity index (χ2n) is 5.83. The van der Waals surface area contributed by atoms with Crippen LogP contribution < -0.4 is 9.64 Å². The van der Waals surface area contributed by atoms with Crippen LogP contribution in [0.2, 0.25) is 0 Å². The number of alkyl halides is 1. The molecule has 24 heavy (non-hydrogen) atoms. The third kappa shape index (κ3) is 3.15. The van der Waals surface area contributed by atoms with Gasteiger partial charge in [-0.3, -0.25) is 9.59 Å². The number of nitrogens with zero attached hydrogens (tertiary/aromatic N) is 1. The number of hydrogen-bond acceptors (Lipinski definition) is 3. The van der Waals surface area contributed by atoms with Gasteiger partial charge in [0.2, 0.25) is 0 Å². The van der Waals surface area contributed by atoms with Crippen molar-refractivity contribution in [3.05, 3.63) is 59.7 Å². The van der Waals surface area contributed by atoms with E-state index >= 15 is 0 Å². The number of amides is 1. The van der Waals surface area contributed by atoms with Gasteiger partial charge in [-0.15, -0.1) is 11.6 Å². The van der Waals surface area contributed by atoms with E-state index in [4.69, 9.17) is 16.3 Å². The molecule has 0 aliphatic carbocycles. The fraction of sp³-hybridized carbons (Fsp3) is 0.263. The average molecular weight is 344 g/mol. The number of hydrogen-bond donors (Lipinski definition) is 0. The fourth-order valence-electron chi connectivity index (χ4n) is 2.72. The van der Waals surface area contributed by atoms with Crippen LogP contribution in [0.4, 0.5) is 5.69 Å². The van der Waals surface area contributed by atoms with E-state index in [9.17, 15) is 9.59 Å². The van der Waals surface area contributed by atoms with E-state index in [-0.39, 0.29) is 11.7 Å². The maximum absolute atomic E-state index is 12.6. The first-order valence-corrected chi connectivity index (χ1v) is 8.25. The number of rotatable bonds is 4. The summed E-state index contributed by atoms with van der Waals surface area (Å²) in [7, 11) is 0. The number of anilines is 1. The molecule has 4 nitrogen and oxygen atoms in total. The van der Waals surface area contributed by atoms with Gasteiger partial charge in [0, 0.05) is 5.56 Å². The summed E-state index contributed by atoms with van der Waals surface area (Å²) in [6.07, 6.45) is -0.560. The van der Waals surface area contributed by atoms with Crippen LogP contribution in [0.3, 0.4) is 0 Å². The molecular weight excluding hydrogens is 326 g/mol. The van der Waals surface area contributed by atoms with Crippen LogP contribution in [0.25, 0.3) is 0 Å². The highest BCUT2D eigenvalue weighted by Gasteiger charge is 2.32. The monoisotopic (exact) mass is 343 g/mol. The first kappa shape index (κ1) is 16.5. The summed E-state index contributed by atoms with van der Waals surface area (Å²) in [4.78, 5) is 26.4. The van der Waals surface area contributed by atoms with Crippen molar-refractivity contribution in [2.45, 2.75) is 31.9 Å². The summed E-state index contributed by atoms with van der Waals surface area (Å²) in [5.74, 6) is 0.289. The molecule has 2 unspecified atom stereocenters. The number of carbonyl (C=O) groups is 2. The van der Waals surface area contributed by atoms with E-state index in [2.05, 4.69) is 0 Å². The lowest BCUT2D eigenvalue weighted by molar-refractivity contribution is -0.125. The number of halogens is 1. The zero-order valence-electron chi connectivity index (χ0n) is 13.5. The highest BCUT2D eigenvalue weighted by atomic mass is 35.5. The highest BCUT2D eigenvalue weighted by Crippen LogP contribution is 2.36. The zero-order chi connectivity index (χ0) is 17.3. The van der Waals surface area contributed by atoms with Crippen LogP contribution in [0.1, 0.15) is 29.8 Å². The number of benzene rings is 2. The smallest absolute Gasteiger partial charge is 0.268 e. The lowest BCUT2D eigenvalue weighted by Crippen LogP contribution is -2.44. The average Bonchev–Trinajstić information content (AvgIpc) is 2.59. The molecule has 0 fully saturated rings. The zero-order valence-corrected chi connectivity index (χ0v) is 14.3. The summed E-state index contributed by atoms with van der Waals surface area (Å²) in [5, 5.41) is -0.621. The SMILES string of the molecule is CC(Cl)C(=O)c1ccc2c(c1)N(Cc1ccccc1)C(=O)C(C)O2. The van der Waals surface area contributed by atoms with Gasteiger partial charge in [-0.05, 0) is 37.6 Å². The Hall–Kier alpha value is -2.33. The summed E-state index contributed by atoms with van der Waals surface area (Å²) >= 11 is 5.90. The molecule has 1 aliphatic rings. The molecule has 1 heterocycles. The van der Waals surface area contributed by atoms with Gasteiger partial charge >= 0.3 is 0 Å². The minimum Gasteiger partial charge on any atom is -0.479 e. The van der Waals surface area contributed by atoms with Gasteiger partial charge in [0.25, 0.3) is 5.91 Å². The minimum atomic E-state index is -0.621. The topological polar surface area (TPSA) is 46.6 Å². The molecule has 0 N–H and O–H groups in total. The van der Waals surface area contributed by atoms with Crippen molar-refractivity contribution < 1.29 is 14.3 Å². The third-order valence-corrected chi connectivity index (χ3v) is 4.19. The highest BCUT2D eigenvalue weighted by molar-refractivity contribution is 6.33. The van der Waals surface area contributed by atoms with Crippen LogP contribution in [-0.2, 0) is 11.3 Å². The summed E-state index contributed by atoms with van der Waals surface area (Å²) in [6.45, 7) is 3.78. The summed E-state index contributed by atoms with van der Waals surface area (Å²) < 4.78 is 5.67. The molecule has 3 rings (SSSR count). The first-order valence-electron chi connectivity index (χ1n) is 7.81. The molecule has 124 valence electrons. The predicted octanol–water partition coefficient (Wildman–Crippen LogP) is 3.81. The standard InChI is InChI=1S/C19H18ClNO3/c1-12(20)18(22)15-8-9-17-16(10-15)21(19(23)13(2)24-17)11-14-6-4-3-5-7-14/h3-10,12-13H,11H2,1-2H3. The molecule has 5 heteroatoms. The Balaban J connectivity index is 2.01. The Morgan fingerprint density at radius 3 is 2.62 bits per heavy atom. The minimum absolute atomic E-state index is 0.130. The Labute approximate surface area is 146 Å². The molecule has 0 radical (unpaired) electrons. The predicted molar refractivity (Wildman–Crippen MR) is 93.8 cm³/mol. The van der Waals surface area contributed by atoms with E-state index in [0.29, 0.717) is 23.5 Å². The van der Waals surface area contributed by atoms with Crippen LogP contribution in [0, 0.1) is 0 Å². The normalized spacial score (nSPS) is 17.9. The molecule has 1 aliphatic heterocycles. The Morgan fingerprint density at radius 1 is 1.25 bits per heavy atom. The number of fused-ring (bicyclic) bond motifs is 1. The molecule has 0 aromatic heterocycles. The second kappa shape index (κ2) is 6.65. The molecule has 2 aromatic carbocycles. The molecular formula is C19H18ClNO3. The van der Waals surface area contributed by atoms with Crippen molar-refractivity contribution in [2.24, 2.45) is 0 Å². The number of ether oxygens (including phenoxy) is 1. The van der Waals surface area contributed by atoms with E-state index < -0.39 is 11.5 Å². The summed E-state index contributed by atoms with van der Waals surface area (Å²) in [5.41, 5.74) is 2.08. The molecule has 1 amide bonds. The van der Waals surface area contributed by atoms with E-state index in [0.717, 1.165) is 5.56 Å². The largest absolute Gasteiger partial charge is 0.479 e. The lowest BCUT2D eigenvalue weighted by Gasteiger charge is -2.33. The Kier molecular flexibility index (Phi) is 4.58. The van der Waals surface area contributed by atoms with E-state index in [1.165, 1.54) is 0 Å². The molecule has 0 spiro atoms. The van der Waals surface area contributed by atoms with Crippen LogP contribution in [0.15, 0.2) is 48.5 Å².